The number of rotatable bonds is 4. The van der Waals surface area contributed by atoms with Gasteiger partial charge in [-0.2, -0.15) is 0 Å². The third kappa shape index (κ3) is 3.60. The molecule has 34 heavy (non-hydrogen) atoms. The zero-order chi connectivity index (χ0) is 24.0. The van der Waals surface area contributed by atoms with Crippen molar-refractivity contribution >= 4 is 17.1 Å². The SMILES string of the molecule is CCC1=C(C)C2=NC1=CC1=NC(=CC3=NC(=CC4=CC(=C2)NN4)C(C)=C3CC)C(CC)=C1CC. The summed E-state index contributed by atoms with van der Waals surface area (Å²) in [6.07, 6.45) is 14.5. The first-order valence-electron chi connectivity index (χ1n) is 12.5. The summed E-state index contributed by atoms with van der Waals surface area (Å²) in [6.45, 7) is 13.2. The minimum atomic E-state index is 0.940. The van der Waals surface area contributed by atoms with Gasteiger partial charge in [-0.1, -0.05) is 27.7 Å². The van der Waals surface area contributed by atoms with Crippen molar-refractivity contribution in [2.24, 2.45) is 15.0 Å². The molecule has 0 atom stereocenters. The number of aliphatic imine (C=N–C) groups is 3. The molecule has 5 heteroatoms. The van der Waals surface area contributed by atoms with Gasteiger partial charge in [-0.25, -0.2) is 15.0 Å². The first-order valence-corrected chi connectivity index (χ1v) is 12.5. The lowest BCUT2D eigenvalue weighted by Crippen LogP contribution is -2.22. The number of nitrogens with one attached hydrogen (secondary N) is 2. The summed E-state index contributed by atoms with van der Waals surface area (Å²) in [5, 5.41) is 0. The van der Waals surface area contributed by atoms with Gasteiger partial charge in [0.2, 0.25) is 0 Å². The number of fused-ring (bicyclic) bond motifs is 4. The van der Waals surface area contributed by atoms with Crippen LogP contribution in [0.3, 0.4) is 0 Å². The van der Waals surface area contributed by atoms with Crippen molar-refractivity contribution in [2.45, 2.75) is 67.2 Å². The van der Waals surface area contributed by atoms with Crippen LogP contribution in [0.4, 0.5) is 0 Å². The minimum Gasteiger partial charge on any atom is -0.301 e. The number of hydrogen-bond acceptors (Lipinski definition) is 5. The Morgan fingerprint density at radius 2 is 1.03 bits per heavy atom. The zero-order valence-corrected chi connectivity index (χ0v) is 21.1. The van der Waals surface area contributed by atoms with E-state index in [1.165, 1.54) is 33.4 Å². The van der Waals surface area contributed by atoms with Crippen LogP contribution in [0.15, 0.2) is 107 Å². The van der Waals surface area contributed by atoms with E-state index in [1.807, 2.05) is 0 Å². The normalized spacial score (nSPS) is 21.5. The molecule has 0 fully saturated rings. The highest BCUT2D eigenvalue weighted by Crippen LogP contribution is 2.36. The second-order valence-corrected chi connectivity index (χ2v) is 9.11. The summed E-state index contributed by atoms with van der Waals surface area (Å²) in [5.41, 5.74) is 22.4. The Labute approximate surface area is 202 Å². The lowest BCUT2D eigenvalue weighted by Gasteiger charge is -2.06. The minimum absolute atomic E-state index is 0.940. The van der Waals surface area contributed by atoms with Crippen LogP contribution >= 0.6 is 0 Å². The highest BCUT2D eigenvalue weighted by Gasteiger charge is 2.26. The van der Waals surface area contributed by atoms with Crippen LogP contribution < -0.4 is 10.9 Å². The molecule has 0 spiro atoms. The molecule has 174 valence electrons. The Kier molecular flexibility index (Phi) is 5.72. The molecule has 5 rings (SSSR count). The van der Waals surface area contributed by atoms with Crippen molar-refractivity contribution in [2.75, 3.05) is 0 Å². The first-order chi connectivity index (χ1) is 16.5. The Morgan fingerprint density at radius 1 is 0.500 bits per heavy atom. The number of hydrogen-bond donors (Lipinski definition) is 2. The molecule has 0 amide bonds. The molecule has 0 aliphatic carbocycles. The fourth-order valence-corrected chi connectivity index (χ4v) is 5.36. The average molecular weight is 452 g/mol. The number of nitrogens with zero attached hydrogens (tertiary/aromatic N) is 3. The lowest BCUT2D eigenvalue weighted by atomic mass is 9.96. The maximum absolute atomic E-state index is 5.15. The standard InChI is InChI=1S/C29H33N5/c1-7-20-16(5)24-12-18-11-19(34-33-18)13-25-17(6)21(8-2)27(31-25)15-29-23(10-4)22(9-3)28(32-29)14-26(20)30-24/h11-15,33-34H,7-10H2,1-6H3. The molecule has 0 unspecified atom stereocenters. The molecule has 5 heterocycles. The summed E-state index contributed by atoms with van der Waals surface area (Å²) < 4.78 is 0. The summed E-state index contributed by atoms with van der Waals surface area (Å²) in [6, 6.07) is 0. The van der Waals surface area contributed by atoms with Gasteiger partial charge in [0, 0.05) is 0 Å². The van der Waals surface area contributed by atoms with E-state index in [-0.39, 0.29) is 0 Å². The van der Waals surface area contributed by atoms with E-state index in [4.69, 9.17) is 15.0 Å². The second kappa shape index (κ2) is 8.71. The molecular formula is C29H33N5. The predicted molar refractivity (Wildman–Crippen MR) is 143 cm³/mol. The molecular weight excluding hydrogens is 418 g/mol. The second-order valence-electron chi connectivity index (χ2n) is 9.11. The Morgan fingerprint density at radius 3 is 1.68 bits per heavy atom. The van der Waals surface area contributed by atoms with Crippen LogP contribution in [-0.4, -0.2) is 17.1 Å². The van der Waals surface area contributed by atoms with Crippen molar-refractivity contribution in [1.82, 2.24) is 10.9 Å². The fraction of sp³-hybridized carbons (Fsp3) is 0.345. The van der Waals surface area contributed by atoms with Crippen molar-refractivity contribution in [3.05, 3.63) is 92.3 Å². The topological polar surface area (TPSA) is 61.1 Å². The average Bonchev–Trinajstić information content (AvgIpc) is 3.55. The van der Waals surface area contributed by atoms with Gasteiger partial charge in [0.25, 0.3) is 0 Å². The van der Waals surface area contributed by atoms with Crippen molar-refractivity contribution in [3.8, 4) is 0 Å². The van der Waals surface area contributed by atoms with Gasteiger partial charge in [-0.3, -0.25) is 0 Å². The largest absolute Gasteiger partial charge is 0.301 e. The quantitative estimate of drug-likeness (QED) is 0.515. The lowest BCUT2D eigenvalue weighted by molar-refractivity contribution is 0.762. The summed E-state index contributed by atoms with van der Waals surface area (Å²) in [7, 11) is 0. The van der Waals surface area contributed by atoms with Gasteiger partial charge >= 0.3 is 0 Å². The van der Waals surface area contributed by atoms with Crippen LogP contribution in [0.25, 0.3) is 0 Å². The maximum Gasteiger partial charge on any atom is 0.0694 e. The third-order valence-electron chi connectivity index (χ3n) is 7.21. The molecule has 0 aromatic heterocycles. The Hall–Kier alpha value is -3.47. The molecule has 2 N–H and O–H groups in total. The number of allylic oxidation sites excluding steroid dienone is 11. The summed E-state index contributed by atoms with van der Waals surface area (Å²) >= 11 is 0. The van der Waals surface area contributed by atoms with E-state index >= 15 is 0 Å². The van der Waals surface area contributed by atoms with E-state index in [1.54, 1.807) is 0 Å². The van der Waals surface area contributed by atoms with E-state index < -0.39 is 0 Å². The highest BCUT2D eigenvalue weighted by molar-refractivity contribution is 6.18. The molecule has 0 saturated carbocycles. The van der Waals surface area contributed by atoms with Gasteiger partial charge in [0.05, 0.1) is 45.6 Å². The summed E-state index contributed by atoms with van der Waals surface area (Å²) in [5.74, 6) is 0. The van der Waals surface area contributed by atoms with Gasteiger partial charge in [-0.15, -0.1) is 0 Å². The van der Waals surface area contributed by atoms with Gasteiger partial charge in [0.15, 0.2) is 0 Å². The predicted octanol–water partition coefficient (Wildman–Crippen LogP) is 6.46. The van der Waals surface area contributed by atoms with Crippen LogP contribution in [-0.2, 0) is 0 Å². The van der Waals surface area contributed by atoms with E-state index in [0.29, 0.717) is 0 Å². The molecule has 5 aliphatic heterocycles. The molecule has 0 aromatic rings. The smallest absolute Gasteiger partial charge is 0.0694 e. The van der Waals surface area contributed by atoms with Crippen LogP contribution in [0.5, 0.6) is 0 Å². The fourth-order valence-electron chi connectivity index (χ4n) is 5.36. The van der Waals surface area contributed by atoms with Crippen LogP contribution in [0, 0.1) is 0 Å². The highest BCUT2D eigenvalue weighted by atomic mass is 15.4. The molecule has 8 bridgehead atoms. The van der Waals surface area contributed by atoms with Gasteiger partial charge < -0.3 is 10.9 Å². The molecule has 0 radical (unpaired) electrons. The first kappa shape index (κ1) is 22.3. The zero-order valence-electron chi connectivity index (χ0n) is 21.1. The van der Waals surface area contributed by atoms with E-state index in [9.17, 15) is 0 Å². The van der Waals surface area contributed by atoms with E-state index in [2.05, 4.69) is 82.8 Å². The van der Waals surface area contributed by atoms with Crippen LogP contribution in [0.2, 0.25) is 0 Å². The third-order valence-corrected chi connectivity index (χ3v) is 7.21. The number of hydrazine groups is 1. The van der Waals surface area contributed by atoms with Crippen molar-refractivity contribution in [3.63, 3.8) is 0 Å². The van der Waals surface area contributed by atoms with Gasteiger partial charge in [-0.05, 0) is 103 Å². The molecule has 5 aliphatic rings. The van der Waals surface area contributed by atoms with Crippen molar-refractivity contribution in [1.29, 1.82) is 0 Å². The van der Waals surface area contributed by atoms with E-state index in [0.717, 1.165) is 71.3 Å². The van der Waals surface area contributed by atoms with Gasteiger partial charge in [0.1, 0.15) is 0 Å². The Bertz CT molecular complexity index is 1330. The maximum atomic E-state index is 5.15. The molecule has 0 aromatic carbocycles. The molecule has 0 saturated heterocycles. The summed E-state index contributed by atoms with van der Waals surface area (Å²) in [4.78, 5) is 15.2. The molecule has 5 nitrogen and oxygen atoms in total. The van der Waals surface area contributed by atoms with Crippen molar-refractivity contribution < 1.29 is 0 Å². The monoisotopic (exact) mass is 451 g/mol. The van der Waals surface area contributed by atoms with Crippen LogP contribution in [0.1, 0.15) is 67.2 Å². The Balaban J connectivity index is 1.77.